The smallest absolute Gasteiger partial charge is 0.220 e. The maximum atomic E-state index is 12.0. The van der Waals surface area contributed by atoms with E-state index in [0.717, 1.165) is 24.8 Å². The Labute approximate surface area is 120 Å². The number of benzene rings is 1. The molecule has 4 nitrogen and oxygen atoms in total. The summed E-state index contributed by atoms with van der Waals surface area (Å²) in [6, 6.07) is 7.15. The molecule has 1 aromatic carbocycles. The molecule has 1 aromatic rings. The lowest BCUT2D eigenvalue weighted by Gasteiger charge is -2.31. The van der Waals surface area contributed by atoms with Crippen LogP contribution in [0.15, 0.2) is 24.3 Å². The van der Waals surface area contributed by atoms with Gasteiger partial charge in [0.15, 0.2) is 0 Å². The van der Waals surface area contributed by atoms with Gasteiger partial charge < -0.3 is 15.2 Å². The SMILES string of the molecule is COC1CCCCC1NC(=O)CCc1ccc(O)cc1. The Kier molecular flexibility index (Phi) is 5.41. The van der Waals surface area contributed by atoms with E-state index in [4.69, 9.17) is 4.74 Å². The lowest BCUT2D eigenvalue weighted by molar-refractivity contribution is -0.123. The maximum Gasteiger partial charge on any atom is 0.220 e. The van der Waals surface area contributed by atoms with Crippen LogP contribution in [0.25, 0.3) is 0 Å². The summed E-state index contributed by atoms with van der Waals surface area (Å²) in [4.78, 5) is 12.0. The summed E-state index contributed by atoms with van der Waals surface area (Å²) in [7, 11) is 1.71. The summed E-state index contributed by atoms with van der Waals surface area (Å²) in [5, 5.41) is 12.3. The quantitative estimate of drug-likeness (QED) is 0.869. The van der Waals surface area contributed by atoms with E-state index in [2.05, 4.69) is 5.32 Å². The van der Waals surface area contributed by atoms with E-state index in [9.17, 15) is 9.90 Å². The van der Waals surface area contributed by atoms with Gasteiger partial charge in [0.1, 0.15) is 5.75 Å². The van der Waals surface area contributed by atoms with E-state index < -0.39 is 0 Å². The van der Waals surface area contributed by atoms with Gasteiger partial charge in [-0.05, 0) is 37.0 Å². The summed E-state index contributed by atoms with van der Waals surface area (Å²) in [6.45, 7) is 0. The van der Waals surface area contributed by atoms with Crippen molar-refractivity contribution in [1.82, 2.24) is 5.32 Å². The maximum absolute atomic E-state index is 12.0. The van der Waals surface area contributed by atoms with Crippen molar-refractivity contribution in [2.24, 2.45) is 0 Å². The van der Waals surface area contributed by atoms with Crippen LogP contribution < -0.4 is 5.32 Å². The number of carbonyl (C=O) groups excluding carboxylic acids is 1. The molecule has 2 rings (SSSR count). The highest BCUT2D eigenvalue weighted by Gasteiger charge is 2.25. The highest BCUT2D eigenvalue weighted by molar-refractivity contribution is 5.76. The third kappa shape index (κ3) is 4.23. The van der Waals surface area contributed by atoms with Crippen LogP contribution >= 0.6 is 0 Å². The first-order chi connectivity index (χ1) is 9.69. The lowest BCUT2D eigenvalue weighted by Crippen LogP contribution is -2.46. The molecule has 0 radical (unpaired) electrons. The fourth-order valence-electron chi connectivity index (χ4n) is 2.74. The summed E-state index contributed by atoms with van der Waals surface area (Å²) in [5.74, 6) is 0.329. The molecule has 0 aliphatic heterocycles. The molecule has 1 aliphatic carbocycles. The van der Waals surface area contributed by atoms with Gasteiger partial charge in [-0.2, -0.15) is 0 Å². The van der Waals surface area contributed by atoms with Crippen molar-refractivity contribution in [3.05, 3.63) is 29.8 Å². The number of ether oxygens (including phenoxy) is 1. The second-order valence-corrected chi connectivity index (χ2v) is 5.40. The molecule has 0 saturated heterocycles. The van der Waals surface area contributed by atoms with E-state index in [1.54, 1.807) is 19.2 Å². The van der Waals surface area contributed by atoms with E-state index in [0.29, 0.717) is 12.8 Å². The first-order valence-electron chi connectivity index (χ1n) is 7.29. The molecule has 1 fully saturated rings. The minimum absolute atomic E-state index is 0.0759. The number of amides is 1. The van der Waals surface area contributed by atoms with Crippen LogP contribution in [-0.4, -0.2) is 30.3 Å². The lowest BCUT2D eigenvalue weighted by atomic mass is 9.92. The number of phenolic OH excluding ortho intramolecular Hbond substituents is 1. The molecule has 2 unspecified atom stereocenters. The molecule has 2 atom stereocenters. The summed E-state index contributed by atoms with van der Waals surface area (Å²) in [5.41, 5.74) is 1.06. The van der Waals surface area contributed by atoms with Gasteiger partial charge in [-0.15, -0.1) is 0 Å². The number of methoxy groups -OCH3 is 1. The molecule has 20 heavy (non-hydrogen) atoms. The molecule has 110 valence electrons. The number of aryl methyl sites for hydroxylation is 1. The standard InChI is InChI=1S/C16H23NO3/c1-20-15-5-3-2-4-14(15)17-16(19)11-8-12-6-9-13(18)10-7-12/h6-7,9-10,14-15,18H,2-5,8,11H2,1H3,(H,17,19). The molecular weight excluding hydrogens is 254 g/mol. The van der Waals surface area contributed by atoms with Crippen LogP contribution in [0.4, 0.5) is 0 Å². The Morgan fingerprint density at radius 3 is 2.70 bits per heavy atom. The van der Waals surface area contributed by atoms with Crippen molar-refractivity contribution >= 4 is 5.91 Å². The minimum Gasteiger partial charge on any atom is -0.508 e. The topological polar surface area (TPSA) is 58.6 Å². The molecule has 0 bridgehead atoms. The summed E-state index contributed by atoms with van der Waals surface area (Å²) in [6.07, 6.45) is 5.68. The van der Waals surface area contributed by atoms with E-state index >= 15 is 0 Å². The second kappa shape index (κ2) is 7.29. The van der Waals surface area contributed by atoms with Gasteiger partial charge in [-0.1, -0.05) is 25.0 Å². The highest BCUT2D eigenvalue weighted by atomic mass is 16.5. The largest absolute Gasteiger partial charge is 0.508 e. The fraction of sp³-hybridized carbons (Fsp3) is 0.562. The number of nitrogens with one attached hydrogen (secondary N) is 1. The van der Waals surface area contributed by atoms with Crippen LogP contribution in [0.1, 0.15) is 37.7 Å². The third-order valence-electron chi connectivity index (χ3n) is 3.93. The average Bonchev–Trinajstić information content (AvgIpc) is 2.47. The van der Waals surface area contributed by atoms with Crippen molar-refractivity contribution < 1.29 is 14.6 Å². The number of rotatable bonds is 5. The minimum atomic E-state index is 0.0759. The number of aromatic hydroxyl groups is 1. The number of hydrogen-bond donors (Lipinski definition) is 2. The molecule has 1 amide bonds. The normalized spacial score (nSPS) is 22.4. The van der Waals surface area contributed by atoms with Gasteiger partial charge in [0.05, 0.1) is 12.1 Å². The van der Waals surface area contributed by atoms with Crippen LogP contribution in [-0.2, 0) is 16.0 Å². The van der Waals surface area contributed by atoms with E-state index in [-0.39, 0.29) is 23.8 Å². The molecule has 0 aromatic heterocycles. The summed E-state index contributed by atoms with van der Waals surface area (Å²) < 4.78 is 5.44. The van der Waals surface area contributed by atoms with Crippen molar-refractivity contribution in [3.63, 3.8) is 0 Å². The molecule has 1 aliphatic rings. The Balaban J connectivity index is 1.78. The molecule has 4 heteroatoms. The molecular formula is C16H23NO3. The Morgan fingerprint density at radius 1 is 1.30 bits per heavy atom. The van der Waals surface area contributed by atoms with Gasteiger partial charge in [-0.3, -0.25) is 4.79 Å². The van der Waals surface area contributed by atoms with Crippen LogP contribution in [0.2, 0.25) is 0 Å². The first-order valence-corrected chi connectivity index (χ1v) is 7.29. The van der Waals surface area contributed by atoms with Crippen LogP contribution in [0, 0.1) is 0 Å². The van der Waals surface area contributed by atoms with Crippen molar-refractivity contribution in [2.75, 3.05) is 7.11 Å². The van der Waals surface area contributed by atoms with Gasteiger partial charge in [0.2, 0.25) is 5.91 Å². The number of carbonyl (C=O) groups is 1. The van der Waals surface area contributed by atoms with Gasteiger partial charge in [0.25, 0.3) is 0 Å². The number of phenols is 1. The highest BCUT2D eigenvalue weighted by Crippen LogP contribution is 2.21. The zero-order valence-corrected chi connectivity index (χ0v) is 12.0. The zero-order valence-electron chi connectivity index (χ0n) is 12.0. The second-order valence-electron chi connectivity index (χ2n) is 5.40. The monoisotopic (exact) mass is 277 g/mol. The van der Waals surface area contributed by atoms with Crippen molar-refractivity contribution in [1.29, 1.82) is 0 Å². The average molecular weight is 277 g/mol. The molecule has 2 N–H and O–H groups in total. The first kappa shape index (κ1) is 14.9. The zero-order chi connectivity index (χ0) is 14.4. The van der Waals surface area contributed by atoms with Gasteiger partial charge >= 0.3 is 0 Å². The van der Waals surface area contributed by atoms with Crippen molar-refractivity contribution in [3.8, 4) is 5.75 Å². The Bertz CT molecular complexity index is 430. The Hall–Kier alpha value is -1.55. The van der Waals surface area contributed by atoms with Crippen molar-refractivity contribution in [2.45, 2.75) is 50.7 Å². The predicted octanol–water partition coefficient (Wildman–Crippen LogP) is 2.40. The predicted molar refractivity (Wildman–Crippen MR) is 77.6 cm³/mol. The van der Waals surface area contributed by atoms with Crippen LogP contribution in [0.3, 0.4) is 0 Å². The van der Waals surface area contributed by atoms with Crippen LogP contribution in [0.5, 0.6) is 5.75 Å². The van der Waals surface area contributed by atoms with E-state index in [1.807, 2.05) is 12.1 Å². The fourth-order valence-corrected chi connectivity index (χ4v) is 2.74. The molecule has 0 heterocycles. The van der Waals surface area contributed by atoms with Gasteiger partial charge in [-0.25, -0.2) is 0 Å². The molecule has 1 saturated carbocycles. The van der Waals surface area contributed by atoms with E-state index in [1.165, 1.54) is 6.42 Å². The third-order valence-corrected chi connectivity index (χ3v) is 3.93. The summed E-state index contributed by atoms with van der Waals surface area (Å²) >= 11 is 0. The number of hydrogen-bond acceptors (Lipinski definition) is 3. The Morgan fingerprint density at radius 2 is 2.00 bits per heavy atom. The van der Waals surface area contributed by atoms with Gasteiger partial charge in [0, 0.05) is 13.5 Å². The molecule has 0 spiro atoms.